The van der Waals surface area contributed by atoms with Gasteiger partial charge in [-0.05, 0) is 26.0 Å². The number of rotatable bonds is 2. The summed E-state index contributed by atoms with van der Waals surface area (Å²) in [6.07, 6.45) is -0.133. The second kappa shape index (κ2) is 6.58. The van der Waals surface area contributed by atoms with Crippen molar-refractivity contribution in [1.82, 2.24) is 4.31 Å². The van der Waals surface area contributed by atoms with Crippen LogP contribution in [0.1, 0.15) is 19.4 Å². The topological polar surface area (TPSA) is 66.8 Å². The van der Waals surface area contributed by atoms with Crippen molar-refractivity contribution >= 4 is 10.0 Å². The molecule has 1 fully saturated rings. The van der Waals surface area contributed by atoms with Gasteiger partial charge in [-0.1, -0.05) is 24.0 Å². The maximum absolute atomic E-state index is 12.9. The molecule has 1 aromatic carbocycles. The summed E-state index contributed by atoms with van der Waals surface area (Å²) in [5.74, 6) is 5.19. The number of hydrogen-bond acceptors (Lipinski definition) is 4. The molecule has 0 radical (unpaired) electrons. The average molecular weight is 309 g/mol. The number of aliphatic hydroxyl groups is 1. The summed E-state index contributed by atoms with van der Waals surface area (Å²) in [6, 6.07) is 6.37. The Morgan fingerprint density at radius 2 is 2.10 bits per heavy atom. The van der Waals surface area contributed by atoms with Gasteiger partial charge in [-0.15, -0.1) is 0 Å². The van der Waals surface area contributed by atoms with Crippen LogP contribution in [-0.2, 0) is 14.8 Å². The standard InChI is InChI=1S/C15H19NO4S/c1-12-11-20-13(2)10-16(12)21(18,19)15-8-4-3-6-14(15)7-5-9-17/h3-4,6,8,12-13,17H,9-11H2,1-2H3. The minimum Gasteiger partial charge on any atom is -0.384 e. The highest BCUT2D eigenvalue weighted by atomic mass is 32.2. The van der Waals surface area contributed by atoms with Gasteiger partial charge in [0.15, 0.2) is 0 Å². The van der Waals surface area contributed by atoms with Gasteiger partial charge in [-0.2, -0.15) is 4.31 Å². The SMILES string of the molecule is CC1CN(S(=O)(=O)c2ccccc2C#CCO)C(C)CO1. The number of sulfonamides is 1. The largest absolute Gasteiger partial charge is 0.384 e. The van der Waals surface area contributed by atoms with E-state index < -0.39 is 10.0 Å². The van der Waals surface area contributed by atoms with E-state index in [9.17, 15) is 8.42 Å². The highest BCUT2D eigenvalue weighted by molar-refractivity contribution is 7.89. The van der Waals surface area contributed by atoms with Gasteiger partial charge in [-0.25, -0.2) is 8.42 Å². The van der Waals surface area contributed by atoms with Gasteiger partial charge in [-0.3, -0.25) is 0 Å². The minimum absolute atomic E-state index is 0.133. The van der Waals surface area contributed by atoms with Crippen molar-refractivity contribution in [3.63, 3.8) is 0 Å². The Balaban J connectivity index is 2.44. The predicted molar refractivity (Wildman–Crippen MR) is 79.2 cm³/mol. The van der Waals surface area contributed by atoms with Gasteiger partial charge in [0.2, 0.25) is 10.0 Å². The second-order valence-corrected chi connectivity index (χ2v) is 6.88. The third kappa shape index (κ3) is 3.44. The lowest BCUT2D eigenvalue weighted by Gasteiger charge is -2.35. The first-order valence-electron chi connectivity index (χ1n) is 6.79. The fourth-order valence-electron chi connectivity index (χ4n) is 2.26. The van der Waals surface area contributed by atoms with Crippen molar-refractivity contribution in [2.45, 2.75) is 30.9 Å². The number of ether oxygens (including phenoxy) is 1. The summed E-state index contributed by atoms with van der Waals surface area (Å²) < 4.78 is 32.7. The van der Waals surface area contributed by atoms with Crippen molar-refractivity contribution in [3.05, 3.63) is 29.8 Å². The quantitative estimate of drug-likeness (QED) is 0.822. The van der Waals surface area contributed by atoms with E-state index in [1.807, 2.05) is 13.8 Å². The maximum atomic E-state index is 12.9. The van der Waals surface area contributed by atoms with Crippen molar-refractivity contribution in [3.8, 4) is 11.8 Å². The van der Waals surface area contributed by atoms with Crippen molar-refractivity contribution < 1.29 is 18.3 Å². The molecule has 0 aromatic heterocycles. The first-order chi connectivity index (χ1) is 9.96. The van der Waals surface area contributed by atoms with Crippen molar-refractivity contribution in [2.75, 3.05) is 19.8 Å². The molecular formula is C15H19NO4S. The van der Waals surface area contributed by atoms with Crippen LogP contribution in [0.25, 0.3) is 0 Å². The molecule has 1 N–H and O–H groups in total. The molecule has 2 rings (SSSR count). The fraction of sp³-hybridized carbons (Fsp3) is 0.467. The zero-order chi connectivity index (χ0) is 15.5. The maximum Gasteiger partial charge on any atom is 0.244 e. The first kappa shape index (κ1) is 16.0. The Morgan fingerprint density at radius 1 is 1.38 bits per heavy atom. The molecule has 0 aliphatic carbocycles. The Hall–Kier alpha value is -1.39. The van der Waals surface area contributed by atoms with Crippen LogP contribution in [0.3, 0.4) is 0 Å². The van der Waals surface area contributed by atoms with E-state index in [-0.39, 0.29) is 23.6 Å². The molecule has 1 heterocycles. The number of hydrogen-bond donors (Lipinski definition) is 1. The van der Waals surface area contributed by atoms with E-state index in [0.29, 0.717) is 18.7 Å². The Bertz CT molecular complexity index is 660. The van der Waals surface area contributed by atoms with Crippen LogP contribution < -0.4 is 0 Å². The summed E-state index contributed by atoms with van der Waals surface area (Å²) >= 11 is 0. The van der Waals surface area contributed by atoms with E-state index in [4.69, 9.17) is 9.84 Å². The number of benzene rings is 1. The molecule has 1 saturated heterocycles. The molecule has 21 heavy (non-hydrogen) atoms. The molecule has 1 aliphatic heterocycles. The van der Waals surface area contributed by atoms with Crippen LogP contribution in [0.5, 0.6) is 0 Å². The zero-order valence-corrected chi connectivity index (χ0v) is 12.9. The number of morpholine rings is 1. The van der Waals surface area contributed by atoms with Crippen LogP contribution >= 0.6 is 0 Å². The van der Waals surface area contributed by atoms with Crippen LogP contribution in [0.15, 0.2) is 29.2 Å². The normalized spacial score (nSPS) is 23.4. The molecule has 2 atom stereocenters. The van der Waals surface area contributed by atoms with Crippen molar-refractivity contribution in [2.24, 2.45) is 0 Å². The smallest absolute Gasteiger partial charge is 0.244 e. The molecule has 2 unspecified atom stereocenters. The molecule has 0 amide bonds. The average Bonchev–Trinajstić information content (AvgIpc) is 2.47. The lowest BCUT2D eigenvalue weighted by molar-refractivity contribution is -0.0170. The van der Waals surface area contributed by atoms with Crippen LogP contribution in [0.2, 0.25) is 0 Å². The van der Waals surface area contributed by atoms with E-state index in [1.165, 1.54) is 4.31 Å². The minimum atomic E-state index is -3.64. The molecule has 5 nitrogen and oxygen atoms in total. The molecule has 6 heteroatoms. The van der Waals surface area contributed by atoms with Crippen LogP contribution in [0.4, 0.5) is 0 Å². The lowest BCUT2D eigenvalue weighted by atomic mass is 10.2. The van der Waals surface area contributed by atoms with Gasteiger partial charge in [0.1, 0.15) is 6.61 Å². The fourth-order valence-corrected chi connectivity index (χ4v) is 4.10. The van der Waals surface area contributed by atoms with Crippen LogP contribution in [0, 0.1) is 11.8 Å². The predicted octanol–water partition coefficient (Wildman–Crippen LogP) is 0.828. The Morgan fingerprint density at radius 3 is 2.81 bits per heavy atom. The monoisotopic (exact) mass is 309 g/mol. The third-order valence-corrected chi connectivity index (χ3v) is 5.36. The van der Waals surface area contributed by atoms with Gasteiger partial charge in [0, 0.05) is 18.2 Å². The Labute approximate surface area is 125 Å². The summed E-state index contributed by atoms with van der Waals surface area (Å²) in [4.78, 5) is 0.173. The van der Waals surface area contributed by atoms with E-state index >= 15 is 0 Å². The molecule has 0 bridgehead atoms. The van der Waals surface area contributed by atoms with E-state index in [1.54, 1.807) is 24.3 Å². The molecule has 0 spiro atoms. The summed E-state index contributed by atoms with van der Waals surface area (Å²) in [5, 5.41) is 8.80. The van der Waals surface area contributed by atoms with E-state index in [2.05, 4.69) is 11.8 Å². The summed E-state index contributed by atoms with van der Waals surface area (Å²) in [6.45, 7) is 4.08. The molecule has 1 aromatic rings. The molecule has 1 aliphatic rings. The van der Waals surface area contributed by atoms with Gasteiger partial charge < -0.3 is 9.84 Å². The first-order valence-corrected chi connectivity index (χ1v) is 8.23. The van der Waals surface area contributed by atoms with Gasteiger partial charge in [0.05, 0.1) is 17.6 Å². The lowest BCUT2D eigenvalue weighted by Crippen LogP contribution is -2.50. The number of aliphatic hydroxyl groups excluding tert-OH is 1. The van der Waals surface area contributed by atoms with E-state index in [0.717, 1.165) is 0 Å². The highest BCUT2D eigenvalue weighted by Gasteiger charge is 2.35. The van der Waals surface area contributed by atoms with Gasteiger partial charge >= 0.3 is 0 Å². The molecule has 0 saturated carbocycles. The van der Waals surface area contributed by atoms with Gasteiger partial charge in [0.25, 0.3) is 0 Å². The summed E-state index contributed by atoms with van der Waals surface area (Å²) in [7, 11) is -3.64. The summed E-state index contributed by atoms with van der Waals surface area (Å²) in [5.41, 5.74) is 0.401. The molecular weight excluding hydrogens is 290 g/mol. The zero-order valence-electron chi connectivity index (χ0n) is 12.1. The Kier molecular flexibility index (Phi) is 5.01. The number of nitrogens with zero attached hydrogens (tertiary/aromatic N) is 1. The molecule has 114 valence electrons. The van der Waals surface area contributed by atoms with Crippen molar-refractivity contribution in [1.29, 1.82) is 0 Å². The van der Waals surface area contributed by atoms with Crippen LogP contribution in [-0.4, -0.2) is 49.7 Å². The second-order valence-electron chi connectivity index (χ2n) is 5.02. The third-order valence-electron chi connectivity index (χ3n) is 3.33. The highest BCUT2D eigenvalue weighted by Crippen LogP contribution is 2.24.